The number of rotatable bonds is 10. The van der Waals surface area contributed by atoms with Crippen molar-refractivity contribution in [2.75, 3.05) is 32.9 Å². The maximum atomic E-state index is 11.0. The highest BCUT2D eigenvalue weighted by atomic mass is 16.7. The fourth-order valence-electron chi connectivity index (χ4n) is 1.18. The Kier molecular flexibility index (Phi) is 10.4. The monoisotopic (exact) mass is 233 g/mol. The Morgan fingerprint density at radius 2 is 1.75 bits per heavy atom. The fourth-order valence-corrected chi connectivity index (χ4v) is 1.18. The predicted octanol–water partition coefficient (Wildman–Crippen LogP) is 0.928. The zero-order valence-electron chi connectivity index (χ0n) is 10.5. The molecule has 0 fully saturated rings. The average molecular weight is 233 g/mol. The second-order valence-corrected chi connectivity index (χ2v) is 3.10. The molecular weight excluding hydrogens is 210 g/mol. The molecule has 0 saturated carbocycles. The Balaban J connectivity index is 3.49. The fraction of sp³-hybridized carbons (Fsp3) is 0.909. The second kappa shape index (κ2) is 10.9. The molecule has 0 amide bonds. The summed E-state index contributed by atoms with van der Waals surface area (Å²) in [6.45, 7) is 8.46. The minimum atomic E-state index is -0.239. The molecule has 0 unspecified atom stereocenters. The van der Waals surface area contributed by atoms with E-state index in [4.69, 9.17) is 14.2 Å². The molecule has 0 rings (SSSR count). The molecule has 0 aromatic rings. The van der Waals surface area contributed by atoms with Crippen LogP contribution in [0.4, 0.5) is 0 Å². The van der Waals surface area contributed by atoms with Crippen LogP contribution >= 0.6 is 0 Å². The largest absolute Gasteiger partial charge is 0.466 e. The van der Waals surface area contributed by atoms with E-state index >= 15 is 0 Å². The first kappa shape index (κ1) is 15.3. The van der Waals surface area contributed by atoms with Crippen LogP contribution in [0.3, 0.4) is 0 Å². The van der Waals surface area contributed by atoms with E-state index in [-0.39, 0.29) is 12.3 Å². The second-order valence-electron chi connectivity index (χ2n) is 3.10. The van der Waals surface area contributed by atoms with Crippen LogP contribution in [0.15, 0.2) is 0 Å². The molecule has 1 N–H and O–H groups in total. The van der Waals surface area contributed by atoms with Gasteiger partial charge in [0.15, 0.2) is 6.29 Å². The van der Waals surface area contributed by atoms with E-state index in [1.54, 1.807) is 6.92 Å². The first-order valence-electron chi connectivity index (χ1n) is 5.84. The van der Waals surface area contributed by atoms with Gasteiger partial charge in [-0.15, -0.1) is 0 Å². The predicted molar refractivity (Wildman–Crippen MR) is 61.2 cm³/mol. The Morgan fingerprint density at radius 3 is 2.25 bits per heavy atom. The lowest BCUT2D eigenvalue weighted by atomic mass is 10.4. The van der Waals surface area contributed by atoms with Gasteiger partial charge in [0.1, 0.15) is 0 Å². The summed E-state index contributed by atoms with van der Waals surface area (Å²) in [5.41, 5.74) is 0. The van der Waals surface area contributed by atoms with Crippen molar-refractivity contribution in [1.82, 2.24) is 5.32 Å². The first-order chi connectivity index (χ1) is 7.74. The van der Waals surface area contributed by atoms with Crippen molar-refractivity contribution in [2.24, 2.45) is 0 Å². The molecule has 0 heterocycles. The number of esters is 1. The summed E-state index contributed by atoms with van der Waals surface area (Å²) < 4.78 is 15.5. The number of hydrogen-bond acceptors (Lipinski definition) is 5. The Hall–Kier alpha value is -0.650. The molecule has 5 heteroatoms. The van der Waals surface area contributed by atoms with Crippen molar-refractivity contribution in [1.29, 1.82) is 0 Å². The van der Waals surface area contributed by atoms with E-state index in [1.807, 2.05) is 13.8 Å². The number of hydrogen-bond donors (Lipinski definition) is 1. The molecule has 0 aliphatic carbocycles. The summed E-state index contributed by atoms with van der Waals surface area (Å²) >= 11 is 0. The van der Waals surface area contributed by atoms with Crippen LogP contribution in [-0.4, -0.2) is 45.2 Å². The molecule has 0 bridgehead atoms. The Morgan fingerprint density at radius 1 is 1.12 bits per heavy atom. The third-order valence-corrected chi connectivity index (χ3v) is 1.83. The van der Waals surface area contributed by atoms with E-state index in [2.05, 4.69) is 5.32 Å². The summed E-state index contributed by atoms with van der Waals surface area (Å²) in [5.74, 6) is -0.181. The van der Waals surface area contributed by atoms with Crippen LogP contribution in [-0.2, 0) is 19.0 Å². The van der Waals surface area contributed by atoms with Crippen LogP contribution in [0.2, 0.25) is 0 Å². The molecule has 96 valence electrons. The molecule has 0 spiro atoms. The highest BCUT2D eigenvalue weighted by Crippen LogP contribution is 1.93. The van der Waals surface area contributed by atoms with Gasteiger partial charge in [0.2, 0.25) is 0 Å². The molecule has 0 radical (unpaired) electrons. The average Bonchev–Trinajstić information content (AvgIpc) is 2.25. The SMILES string of the molecule is CCOC(=O)CCNCC(OCC)OCC. The quantitative estimate of drug-likeness (QED) is 0.345. The minimum Gasteiger partial charge on any atom is -0.466 e. The van der Waals surface area contributed by atoms with Gasteiger partial charge in [0, 0.05) is 26.3 Å². The molecule has 0 atom stereocenters. The maximum absolute atomic E-state index is 11.0. The van der Waals surface area contributed by atoms with Crippen molar-refractivity contribution in [3.05, 3.63) is 0 Å². The minimum absolute atomic E-state index is 0.181. The van der Waals surface area contributed by atoms with Gasteiger partial charge in [-0.25, -0.2) is 0 Å². The van der Waals surface area contributed by atoms with Crippen molar-refractivity contribution in [2.45, 2.75) is 33.5 Å². The van der Waals surface area contributed by atoms with Crippen LogP contribution < -0.4 is 5.32 Å². The van der Waals surface area contributed by atoms with Crippen molar-refractivity contribution in [3.63, 3.8) is 0 Å². The van der Waals surface area contributed by atoms with Crippen LogP contribution in [0.25, 0.3) is 0 Å². The van der Waals surface area contributed by atoms with Crippen molar-refractivity contribution >= 4 is 5.97 Å². The smallest absolute Gasteiger partial charge is 0.307 e. The third-order valence-electron chi connectivity index (χ3n) is 1.83. The number of carbonyl (C=O) groups excluding carboxylic acids is 1. The Bertz CT molecular complexity index is 169. The third kappa shape index (κ3) is 8.64. The zero-order chi connectivity index (χ0) is 12.2. The molecule has 5 nitrogen and oxygen atoms in total. The van der Waals surface area contributed by atoms with Crippen LogP contribution in [0.1, 0.15) is 27.2 Å². The molecular formula is C11H23NO4. The van der Waals surface area contributed by atoms with Crippen LogP contribution in [0.5, 0.6) is 0 Å². The van der Waals surface area contributed by atoms with Crippen molar-refractivity contribution in [3.8, 4) is 0 Å². The summed E-state index contributed by atoms with van der Waals surface area (Å²) in [5, 5.41) is 3.09. The maximum Gasteiger partial charge on any atom is 0.307 e. The molecule has 0 aliphatic rings. The lowest BCUT2D eigenvalue weighted by molar-refractivity contribution is -0.143. The Labute approximate surface area is 97.4 Å². The highest BCUT2D eigenvalue weighted by molar-refractivity contribution is 5.69. The summed E-state index contributed by atoms with van der Waals surface area (Å²) in [7, 11) is 0. The summed E-state index contributed by atoms with van der Waals surface area (Å²) in [4.78, 5) is 11.0. The first-order valence-corrected chi connectivity index (χ1v) is 5.84. The molecule has 0 aromatic carbocycles. The molecule has 16 heavy (non-hydrogen) atoms. The van der Waals surface area contributed by atoms with Crippen LogP contribution in [0, 0.1) is 0 Å². The topological polar surface area (TPSA) is 56.8 Å². The molecule has 0 aliphatic heterocycles. The highest BCUT2D eigenvalue weighted by Gasteiger charge is 2.07. The van der Waals surface area contributed by atoms with E-state index in [0.29, 0.717) is 39.3 Å². The number of nitrogens with one attached hydrogen (secondary N) is 1. The van der Waals surface area contributed by atoms with Gasteiger partial charge in [-0.05, 0) is 20.8 Å². The van der Waals surface area contributed by atoms with Gasteiger partial charge in [-0.2, -0.15) is 0 Å². The summed E-state index contributed by atoms with van der Waals surface area (Å²) in [6, 6.07) is 0. The van der Waals surface area contributed by atoms with E-state index in [9.17, 15) is 4.79 Å². The van der Waals surface area contributed by atoms with Gasteiger partial charge in [0.05, 0.1) is 13.0 Å². The lowest BCUT2D eigenvalue weighted by Crippen LogP contribution is -2.33. The number of carbonyl (C=O) groups is 1. The summed E-state index contributed by atoms with van der Waals surface area (Å²) in [6.07, 6.45) is 0.135. The molecule has 0 aromatic heterocycles. The van der Waals surface area contributed by atoms with Gasteiger partial charge in [0.25, 0.3) is 0 Å². The van der Waals surface area contributed by atoms with Gasteiger partial charge in [-0.1, -0.05) is 0 Å². The lowest BCUT2D eigenvalue weighted by Gasteiger charge is -2.17. The van der Waals surface area contributed by atoms with Gasteiger partial charge < -0.3 is 19.5 Å². The normalized spacial score (nSPS) is 10.8. The van der Waals surface area contributed by atoms with Gasteiger partial charge in [-0.3, -0.25) is 4.79 Å². The van der Waals surface area contributed by atoms with E-state index < -0.39 is 0 Å². The number of ether oxygens (including phenoxy) is 3. The molecule has 0 saturated heterocycles. The van der Waals surface area contributed by atoms with E-state index in [1.165, 1.54) is 0 Å². The standard InChI is InChI=1S/C11H23NO4/c1-4-14-10(13)7-8-12-9-11(15-5-2)16-6-3/h11-12H,4-9H2,1-3H3. The van der Waals surface area contributed by atoms with E-state index in [0.717, 1.165) is 0 Å². The zero-order valence-corrected chi connectivity index (χ0v) is 10.5. The van der Waals surface area contributed by atoms with Gasteiger partial charge >= 0.3 is 5.97 Å². The van der Waals surface area contributed by atoms with Crippen molar-refractivity contribution < 1.29 is 19.0 Å².